The molecule has 0 aliphatic heterocycles. The van der Waals surface area contributed by atoms with Gasteiger partial charge in [-0.15, -0.1) is 0 Å². The summed E-state index contributed by atoms with van der Waals surface area (Å²) in [6.45, 7) is 0.924. The van der Waals surface area contributed by atoms with Crippen LogP contribution in [-0.4, -0.2) is 21.5 Å². The standard InChI is InChI=1S/C16H19ClN2O3S/c17-15-5-1-2-6-16(15)22-13-7-9-14(10-8-13)23(20,21)19-12-4-3-11-18/h1-2,5-10,19H,3-4,11-12,18H2. The highest BCUT2D eigenvalue weighted by Gasteiger charge is 2.13. The van der Waals surface area contributed by atoms with Gasteiger partial charge in [-0.2, -0.15) is 0 Å². The van der Waals surface area contributed by atoms with Crippen LogP contribution >= 0.6 is 11.6 Å². The van der Waals surface area contributed by atoms with Crippen LogP contribution in [-0.2, 0) is 10.0 Å². The highest BCUT2D eigenvalue weighted by atomic mass is 35.5. The van der Waals surface area contributed by atoms with Crippen molar-refractivity contribution in [1.82, 2.24) is 4.72 Å². The zero-order chi connectivity index (χ0) is 16.7. The minimum atomic E-state index is -3.51. The monoisotopic (exact) mass is 354 g/mol. The number of para-hydroxylation sites is 1. The normalized spacial score (nSPS) is 11.4. The Kier molecular flexibility index (Phi) is 6.41. The number of nitrogens with two attached hydrogens (primary N) is 1. The van der Waals surface area contributed by atoms with E-state index in [-0.39, 0.29) is 4.90 Å². The lowest BCUT2D eigenvalue weighted by atomic mass is 10.3. The first kappa shape index (κ1) is 17.7. The van der Waals surface area contributed by atoms with Crippen LogP contribution in [0.4, 0.5) is 0 Å². The molecule has 124 valence electrons. The zero-order valence-corrected chi connectivity index (χ0v) is 14.1. The van der Waals surface area contributed by atoms with E-state index >= 15 is 0 Å². The van der Waals surface area contributed by atoms with Crippen LogP contribution in [0.5, 0.6) is 11.5 Å². The van der Waals surface area contributed by atoms with Gasteiger partial charge in [0.1, 0.15) is 11.5 Å². The molecule has 2 aromatic rings. The van der Waals surface area contributed by atoms with Gasteiger partial charge in [-0.1, -0.05) is 23.7 Å². The zero-order valence-electron chi connectivity index (χ0n) is 12.5. The Balaban J connectivity index is 2.03. The Morgan fingerprint density at radius 2 is 1.74 bits per heavy atom. The first-order chi connectivity index (χ1) is 11.0. The molecule has 7 heteroatoms. The van der Waals surface area contributed by atoms with Crippen molar-refractivity contribution in [2.45, 2.75) is 17.7 Å². The van der Waals surface area contributed by atoms with Crippen LogP contribution in [0.15, 0.2) is 53.4 Å². The lowest BCUT2D eigenvalue weighted by molar-refractivity contribution is 0.482. The molecule has 0 aliphatic carbocycles. The number of rotatable bonds is 8. The summed E-state index contributed by atoms with van der Waals surface area (Å²) in [5, 5.41) is 0.491. The van der Waals surface area contributed by atoms with Gasteiger partial charge in [-0.25, -0.2) is 13.1 Å². The fourth-order valence-electron chi connectivity index (χ4n) is 1.90. The third-order valence-electron chi connectivity index (χ3n) is 3.12. The molecule has 0 heterocycles. The van der Waals surface area contributed by atoms with E-state index in [0.717, 1.165) is 6.42 Å². The van der Waals surface area contributed by atoms with Crippen molar-refractivity contribution in [3.8, 4) is 11.5 Å². The van der Waals surface area contributed by atoms with E-state index in [2.05, 4.69) is 4.72 Å². The molecular formula is C16H19ClN2O3S. The SMILES string of the molecule is NCCCCNS(=O)(=O)c1ccc(Oc2ccccc2Cl)cc1. The molecule has 0 fully saturated rings. The molecule has 0 saturated carbocycles. The molecule has 0 unspecified atom stereocenters. The van der Waals surface area contributed by atoms with Gasteiger partial charge >= 0.3 is 0 Å². The number of halogens is 1. The molecule has 23 heavy (non-hydrogen) atoms. The number of ether oxygens (including phenoxy) is 1. The van der Waals surface area contributed by atoms with Crippen molar-refractivity contribution >= 4 is 21.6 Å². The second-order valence-corrected chi connectivity index (χ2v) is 7.07. The number of hydrogen-bond acceptors (Lipinski definition) is 4. The molecule has 0 atom stereocenters. The van der Waals surface area contributed by atoms with Crippen molar-refractivity contribution in [3.05, 3.63) is 53.6 Å². The van der Waals surface area contributed by atoms with E-state index < -0.39 is 10.0 Å². The second-order valence-electron chi connectivity index (χ2n) is 4.90. The Bertz CT molecular complexity index is 733. The van der Waals surface area contributed by atoms with E-state index in [9.17, 15) is 8.42 Å². The Labute approximate surface area is 141 Å². The largest absolute Gasteiger partial charge is 0.456 e. The summed E-state index contributed by atoms with van der Waals surface area (Å²) in [6.07, 6.45) is 1.50. The molecule has 0 saturated heterocycles. The summed E-state index contributed by atoms with van der Waals surface area (Å²) in [4.78, 5) is 0.191. The maximum Gasteiger partial charge on any atom is 0.240 e. The van der Waals surface area contributed by atoms with Gasteiger partial charge < -0.3 is 10.5 Å². The topological polar surface area (TPSA) is 81.4 Å². The Hall–Kier alpha value is -1.60. The first-order valence-corrected chi connectivity index (χ1v) is 9.11. The third-order valence-corrected chi connectivity index (χ3v) is 4.91. The van der Waals surface area contributed by atoms with Gasteiger partial charge in [0, 0.05) is 6.54 Å². The second kappa shape index (κ2) is 8.31. The summed E-state index contributed by atoms with van der Waals surface area (Å²) < 4.78 is 32.4. The highest BCUT2D eigenvalue weighted by Crippen LogP contribution is 2.29. The molecule has 0 aromatic heterocycles. The third kappa shape index (κ3) is 5.21. The minimum absolute atomic E-state index is 0.191. The van der Waals surface area contributed by atoms with Crippen molar-refractivity contribution in [1.29, 1.82) is 0 Å². The van der Waals surface area contributed by atoms with E-state index in [1.807, 2.05) is 6.07 Å². The predicted octanol–water partition coefficient (Wildman–Crippen LogP) is 3.15. The van der Waals surface area contributed by atoms with Gasteiger partial charge in [0.05, 0.1) is 9.92 Å². The smallest absolute Gasteiger partial charge is 0.240 e. The number of sulfonamides is 1. The van der Waals surface area contributed by atoms with Gasteiger partial charge in [0.2, 0.25) is 10.0 Å². The van der Waals surface area contributed by atoms with Gasteiger partial charge in [-0.3, -0.25) is 0 Å². The summed E-state index contributed by atoms with van der Waals surface area (Å²) >= 11 is 6.02. The molecular weight excluding hydrogens is 336 g/mol. The Morgan fingerprint density at radius 3 is 2.39 bits per heavy atom. The number of hydrogen-bond donors (Lipinski definition) is 2. The van der Waals surface area contributed by atoms with Crippen molar-refractivity contribution in [2.75, 3.05) is 13.1 Å². The van der Waals surface area contributed by atoms with Crippen LogP contribution in [0.3, 0.4) is 0 Å². The van der Waals surface area contributed by atoms with Crippen LogP contribution in [0.25, 0.3) is 0 Å². The quantitative estimate of drug-likeness (QED) is 0.713. The maximum absolute atomic E-state index is 12.1. The maximum atomic E-state index is 12.1. The molecule has 0 amide bonds. The summed E-state index contributed by atoms with van der Waals surface area (Å²) in [7, 11) is -3.51. The minimum Gasteiger partial charge on any atom is -0.456 e. The first-order valence-electron chi connectivity index (χ1n) is 7.25. The van der Waals surface area contributed by atoms with Crippen LogP contribution in [0, 0.1) is 0 Å². The molecule has 2 aromatic carbocycles. The number of nitrogens with one attached hydrogen (secondary N) is 1. The lowest BCUT2D eigenvalue weighted by Crippen LogP contribution is -2.25. The van der Waals surface area contributed by atoms with Crippen LogP contribution in [0.2, 0.25) is 5.02 Å². The van der Waals surface area contributed by atoms with Crippen LogP contribution < -0.4 is 15.2 Å². The predicted molar refractivity (Wildman–Crippen MR) is 91.4 cm³/mol. The average molecular weight is 355 g/mol. The van der Waals surface area contributed by atoms with Crippen molar-refractivity contribution in [2.24, 2.45) is 5.73 Å². The fourth-order valence-corrected chi connectivity index (χ4v) is 3.15. The number of unbranched alkanes of at least 4 members (excludes halogenated alkanes) is 1. The van der Waals surface area contributed by atoms with Crippen LogP contribution in [0.1, 0.15) is 12.8 Å². The Morgan fingerprint density at radius 1 is 1.04 bits per heavy atom. The van der Waals surface area contributed by atoms with E-state index in [0.29, 0.717) is 36.0 Å². The van der Waals surface area contributed by atoms with E-state index in [1.54, 1.807) is 30.3 Å². The number of benzene rings is 2. The molecule has 3 N–H and O–H groups in total. The van der Waals surface area contributed by atoms with Crippen molar-refractivity contribution < 1.29 is 13.2 Å². The van der Waals surface area contributed by atoms with Gasteiger partial charge in [0.25, 0.3) is 0 Å². The molecule has 0 radical (unpaired) electrons. The van der Waals surface area contributed by atoms with Crippen molar-refractivity contribution in [3.63, 3.8) is 0 Å². The van der Waals surface area contributed by atoms with E-state index in [4.69, 9.17) is 22.1 Å². The fraction of sp³-hybridized carbons (Fsp3) is 0.250. The van der Waals surface area contributed by atoms with E-state index in [1.165, 1.54) is 12.1 Å². The molecule has 5 nitrogen and oxygen atoms in total. The van der Waals surface area contributed by atoms with Gasteiger partial charge in [-0.05, 0) is 55.8 Å². The summed E-state index contributed by atoms with van der Waals surface area (Å²) in [5.74, 6) is 1.03. The molecule has 0 aliphatic rings. The lowest BCUT2D eigenvalue weighted by Gasteiger charge is -2.09. The van der Waals surface area contributed by atoms with Gasteiger partial charge in [0.15, 0.2) is 0 Å². The average Bonchev–Trinajstić information content (AvgIpc) is 2.54. The molecule has 0 bridgehead atoms. The summed E-state index contributed by atoms with van der Waals surface area (Å²) in [6, 6.07) is 13.3. The summed E-state index contributed by atoms with van der Waals surface area (Å²) in [5.41, 5.74) is 5.38. The molecule has 2 rings (SSSR count). The molecule has 0 spiro atoms. The highest BCUT2D eigenvalue weighted by molar-refractivity contribution is 7.89.